The molecule has 0 radical (unpaired) electrons. The number of hydrogen-bond donors (Lipinski definition) is 0. The summed E-state index contributed by atoms with van der Waals surface area (Å²) in [7, 11) is 1.70. The van der Waals surface area contributed by atoms with Crippen molar-refractivity contribution in [1.29, 1.82) is 0 Å². The molecule has 1 aliphatic heterocycles. The van der Waals surface area contributed by atoms with Gasteiger partial charge in [0.05, 0.1) is 10.7 Å². The van der Waals surface area contributed by atoms with Crippen LogP contribution in [0.25, 0.3) is 22.3 Å². The first kappa shape index (κ1) is 15.3. The lowest BCUT2D eigenvalue weighted by molar-refractivity contribution is 0.174. The molecule has 0 saturated carbocycles. The molecule has 3 aromatic carbocycles. The summed E-state index contributed by atoms with van der Waals surface area (Å²) >= 11 is 2.33. The average molecular weight is 430 g/mol. The first-order valence-electron chi connectivity index (χ1n) is 7.59. The van der Waals surface area contributed by atoms with E-state index < -0.39 is 0 Å². The average Bonchev–Trinajstić information content (AvgIpc) is 3.10. The zero-order valence-electron chi connectivity index (χ0n) is 13.1. The van der Waals surface area contributed by atoms with Gasteiger partial charge in [-0.15, -0.1) is 0 Å². The lowest BCUT2D eigenvalue weighted by atomic mass is 9.98. The Labute approximate surface area is 154 Å². The fourth-order valence-electron chi connectivity index (χ4n) is 2.82. The highest BCUT2D eigenvalue weighted by Gasteiger charge is 2.17. The molecule has 3 aromatic rings. The highest BCUT2D eigenvalue weighted by molar-refractivity contribution is 14.1. The molecule has 0 aliphatic carbocycles. The van der Waals surface area contributed by atoms with Crippen LogP contribution in [0.15, 0.2) is 60.7 Å². The molecule has 1 aliphatic rings. The van der Waals surface area contributed by atoms with Crippen molar-refractivity contribution in [2.75, 3.05) is 13.9 Å². The van der Waals surface area contributed by atoms with Crippen LogP contribution in [0.2, 0.25) is 0 Å². The summed E-state index contributed by atoms with van der Waals surface area (Å²) in [5, 5.41) is 0. The molecule has 0 unspecified atom stereocenters. The molecule has 0 saturated heterocycles. The van der Waals surface area contributed by atoms with Crippen LogP contribution in [0.3, 0.4) is 0 Å². The van der Waals surface area contributed by atoms with Gasteiger partial charge in [0.15, 0.2) is 11.5 Å². The van der Waals surface area contributed by atoms with E-state index in [1.807, 2.05) is 30.3 Å². The third-order valence-electron chi connectivity index (χ3n) is 4.05. The zero-order chi connectivity index (χ0) is 16.5. The Balaban J connectivity index is 1.88. The van der Waals surface area contributed by atoms with E-state index in [0.29, 0.717) is 0 Å². The molecular formula is C20H15IO3. The number of halogens is 1. The fourth-order valence-corrected chi connectivity index (χ4v) is 3.66. The number of hydrogen-bond acceptors (Lipinski definition) is 3. The van der Waals surface area contributed by atoms with Crippen LogP contribution in [0, 0.1) is 3.57 Å². The van der Waals surface area contributed by atoms with E-state index >= 15 is 0 Å². The molecule has 24 heavy (non-hydrogen) atoms. The summed E-state index contributed by atoms with van der Waals surface area (Å²) in [5.41, 5.74) is 4.49. The Kier molecular flexibility index (Phi) is 4.06. The van der Waals surface area contributed by atoms with E-state index in [9.17, 15) is 0 Å². The lowest BCUT2D eigenvalue weighted by Crippen LogP contribution is -1.93. The van der Waals surface area contributed by atoms with E-state index in [1.54, 1.807) is 7.11 Å². The van der Waals surface area contributed by atoms with Gasteiger partial charge in [0.25, 0.3) is 0 Å². The maximum Gasteiger partial charge on any atom is 0.231 e. The second-order valence-corrected chi connectivity index (χ2v) is 6.55. The van der Waals surface area contributed by atoms with Crippen LogP contribution in [-0.2, 0) is 0 Å². The minimum absolute atomic E-state index is 0.281. The maximum atomic E-state index is 5.60. The van der Waals surface area contributed by atoms with Gasteiger partial charge in [0, 0.05) is 0 Å². The van der Waals surface area contributed by atoms with Crippen molar-refractivity contribution in [2.24, 2.45) is 0 Å². The van der Waals surface area contributed by atoms with Crippen LogP contribution >= 0.6 is 22.6 Å². The first-order valence-corrected chi connectivity index (χ1v) is 8.67. The molecule has 0 N–H and O–H groups in total. The molecule has 0 amide bonds. The van der Waals surface area contributed by atoms with Crippen molar-refractivity contribution in [1.82, 2.24) is 0 Å². The summed E-state index contributed by atoms with van der Waals surface area (Å²) in [4.78, 5) is 0. The predicted octanol–water partition coefficient (Wildman–Crippen LogP) is 5.36. The number of ether oxygens (including phenoxy) is 3. The molecule has 120 valence electrons. The molecule has 0 fully saturated rings. The summed E-state index contributed by atoms with van der Waals surface area (Å²) in [6.07, 6.45) is 0. The highest BCUT2D eigenvalue weighted by atomic mass is 127. The SMILES string of the molecule is COc1cc(-c2ccccc2)cc(-c2ccc3c(c2)OCO3)c1I. The van der Waals surface area contributed by atoms with Gasteiger partial charge in [-0.2, -0.15) is 0 Å². The van der Waals surface area contributed by atoms with Gasteiger partial charge in [0.1, 0.15) is 5.75 Å². The largest absolute Gasteiger partial charge is 0.496 e. The van der Waals surface area contributed by atoms with E-state index in [-0.39, 0.29) is 6.79 Å². The van der Waals surface area contributed by atoms with Gasteiger partial charge in [-0.1, -0.05) is 36.4 Å². The third kappa shape index (κ3) is 2.71. The van der Waals surface area contributed by atoms with Crippen molar-refractivity contribution in [3.05, 3.63) is 64.2 Å². The Bertz CT molecular complexity index is 891. The van der Waals surface area contributed by atoms with Gasteiger partial charge in [-0.3, -0.25) is 0 Å². The van der Waals surface area contributed by atoms with Crippen molar-refractivity contribution in [2.45, 2.75) is 0 Å². The van der Waals surface area contributed by atoms with Crippen molar-refractivity contribution < 1.29 is 14.2 Å². The number of fused-ring (bicyclic) bond motifs is 1. The second kappa shape index (κ2) is 6.36. The van der Waals surface area contributed by atoms with E-state index in [0.717, 1.165) is 43.1 Å². The number of benzene rings is 3. The monoisotopic (exact) mass is 430 g/mol. The molecular weight excluding hydrogens is 415 g/mol. The first-order chi connectivity index (χ1) is 11.8. The zero-order valence-corrected chi connectivity index (χ0v) is 15.2. The van der Waals surface area contributed by atoms with Gasteiger partial charge in [0.2, 0.25) is 6.79 Å². The van der Waals surface area contributed by atoms with Crippen LogP contribution < -0.4 is 14.2 Å². The van der Waals surface area contributed by atoms with Crippen LogP contribution in [0.1, 0.15) is 0 Å². The Morgan fingerprint density at radius 1 is 0.833 bits per heavy atom. The van der Waals surface area contributed by atoms with E-state index in [4.69, 9.17) is 14.2 Å². The molecule has 1 heterocycles. The standard InChI is InChI=1S/C20H15IO3/c1-22-19-11-15(13-5-3-2-4-6-13)9-16(20(19)21)14-7-8-17-18(10-14)24-12-23-17/h2-11H,12H2,1H3. The predicted molar refractivity (Wildman–Crippen MR) is 103 cm³/mol. The Hall–Kier alpha value is -2.21. The molecule has 3 nitrogen and oxygen atoms in total. The van der Waals surface area contributed by atoms with Crippen molar-refractivity contribution >= 4 is 22.6 Å². The van der Waals surface area contributed by atoms with Crippen LogP contribution in [-0.4, -0.2) is 13.9 Å². The van der Waals surface area contributed by atoms with Gasteiger partial charge in [-0.05, 0) is 69.1 Å². The molecule has 4 heteroatoms. The molecule has 0 spiro atoms. The summed E-state index contributed by atoms with van der Waals surface area (Å²) < 4.78 is 17.6. The van der Waals surface area contributed by atoms with Gasteiger partial charge >= 0.3 is 0 Å². The molecule has 0 atom stereocenters. The number of methoxy groups -OCH3 is 1. The van der Waals surface area contributed by atoms with Crippen LogP contribution in [0.5, 0.6) is 17.2 Å². The highest BCUT2D eigenvalue weighted by Crippen LogP contribution is 2.41. The normalized spacial score (nSPS) is 12.2. The molecule has 0 aromatic heterocycles. The van der Waals surface area contributed by atoms with E-state index in [2.05, 4.69) is 52.9 Å². The topological polar surface area (TPSA) is 27.7 Å². The quantitative estimate of drug-likeness (QED) is 0.524. The molecule has 0 bridgehead atoms. The van der Waals surface area contributed by atoms with Gasteiger partial charge < -0.3 is 14.2 Å². The molecule has 4 rings (SSSR count). The van der Waals surface area contributed by atoms with Gasteiger partial charge in [-0.25, -0.2) is 0 Å². The summed E-state index contributed by atoms with van der Waals surface area (Å²) in [6.45, 7) is 0.281. The third-order valence-corrected chi connectivity index (χ3v) is 5.16. The van der Waals surface area contributed by atoms with Crippen LogP contribution in [0.4, 0.5) is 0 Å². The number of rotatable bonds is 3. The lowest BCUT2D eigenvalue weighted by Gasteiger charge is -2.13. The smallest absolute Gasteiger partial charge is 0.231 e. The maximum absolute atomic E-state index is 5.60. The Morgan fingerprint density at radius 3 is 2.42 bits per heavy atom. The minimum atomic E-state index is 0.281. The minimum Gasteiger partial charge on any atom is -0.496 e. The van der Waals surface area contributed by atoms with Crippen molar-refractivity contribution in [3.63, 3.8) is 0 Å². The summed E-state index contributed by atoms with van der Waals surface area (Å²) in [6, 6.07) is 20.6. The second-order valence-electron chi connectivity index (χ2n) is 5.47. The Morgan fingerprint density at radius 2 is 1.62 bits per heavy atom. The van der Waals surface area contributed by atoms with E-state index in [1.165, 1.54) is 0 Å². The van der Waals surface area contributed by atoms with Crippen molar-refractivity contribution in [3.8, 4) is 39.5 Å². The summed E-state index contributed by atoms with van der Waals surface area (Å²) in [5.74, 6) is 2.44. The fraction of sp³-hybridized carbons (Fsp3) is 0.100.